The van der Waals surface area contributed by atoms with Gasteiger partial charge in [0, 0.05) is 19.7 Å². The molecule has 22 heavy (non-hydrogen) atoms. The van der Waals surface area contributed by atoms with E-state index in [0.29, 0.717) is 19.2 Å². The lowest BCUT2D eigenvalue weighted by Crippen LogP contribution is -2.32. The second-order valence-corrected chi connectivity index (χ2v) is 5.69. The van der Waals surface area contributed by atoms with Gasteiger partial charge in [-0.3, -0.25) is 0 Å². The lowest BCUT2D eigenvalue weighted by Gasteiger charge is -2.17. The van der Waals surface area contributed by atoms with Gasteiger partial charge in [0.15, 0.2) is 0 Å². The maximum atomic E-state index is 10.2. The third kappa shape index (κ3) is 5.26. The molecule has 0 saturated carbocycles. The van der Waals surface area contributed by atoms with Crippen LogP contribution in [0.4, 0.5) is 0 Å². The van der Waals surface area contributed by atoms with Crippen molar-refractivity contribution < 1.29 is 9.84 Å². The van der Waals surface area contributed by atoms with Crippen LogP contribution in [-0.2, 0) is 17.8 Å². The molecule has 2 unspecified atom stereocenters. The average Bonchev–Trinajstić information content (AvgIpc) is 2.55. The normalized spacial score (nSPS) is 13.8. The fourth-order valence-electron chi connectivity index (χ4n) is 2.47. The van der Waals surface area contributed by atoms with E-state index in [2.05, 4.69) is 36.5 Å². The zero-order valence-corrected chi connectivity index (χ0v) is 13.3. The molecule has 3 heteroatoms. The van der Waals surface area contributed by atoms with Crippen LogP contribution in [0.1, 0.15) is 29.7 Å². The molecule has 0 saturated heterocycles. The predicted molar refractivity (Wildman–Crippen MR) is 89.7 cm³/mol. The second kappa shape index (κ2) is 8.69. The standard InChI is InChI=1S/C19H25NO2/c1-15(12-16-8-10-17(11-9-16)14-22-2)20-13-19(21)18-6-4-3-5-7-18/h3-11,15,19-21H,12-14H2,1-2H3. The van der Waals surface area contributed by atoms with Crippen molar-refractivity contribution in [3.05, 3.63) is 71.3 Å². The Labute approximate surface area is 133 Å². The summed E-state index contributed by atoms with van der Waals surface area (Å²) in [6.07, 6.45) is 0.474. The van der Waals surface area contributed by atoms with Gasteiger partial charge in [-0.1, -0.05) is 54.6 Å². The van der Waals surface area contributed by atoms with Gasteiger partial charge in [0.25, 0.3) is 0 Å². The summed E-state index contributed by atoms with van der Waals surface area (Å²) in [6, 6.07) is 18.5. The van der Waals surface area contributed by atoms with E-state index in [4.69, 9.17) is 4.74 Å². The SMILES string of the molecule is COCc1ccc(CC(C)NCC(O)c2ccccc2)cc1. The summed E-state index contributed by atoms with van der Waals surface area (Å²) in [4.78, 5) is 0. The number of methoxy groups -OCH3 is 1. The third-order valence-corrected chi connectivity index (χ3v) is 3.72. The molecular weight excluding hydrogens is 274 g/mol. The van der Waals surface area contributed by atoms with Gasteiger partial charge in [0.2, 0.25) is 0 Å². The number of aliphatic hydroxyl groups excluding tert-OH is 1. The van der Waals surface area contributed by atoms with E-state index in [-0.39, 0.29) is 0 Å². The van der Waals surface area contributed by atoms with E-state index in [1.54, 1.807) is 7.11 Å². The first-order valence-electron chi connectivity index (χ1n) is 7.72. The molecule has 2 aromatic rings. The predicted octanol–water partition coefficient (Wildman–Crippen LogP) is 3.09. The number of nitrogens with one attached hydrogen (secondary N) is 1. The molecular formula is C19H25NO2. The van der Waals surface area contributed by atoms with Crippen molar-refractivity contribution in [3.8, 4) is 0 Å². The Hall–Kier alpha value is -1.68. The quantitative estimate of drug-likeness (QED) is 0.787. The van der Waals surface area contributed by atoms with Crippen molar-refractivity contribution in [2.75, 3.05) is 13.7 Å². The molecule has 2 aromatic carbocycles. The lowest BCUT2D eigenvalue weighted by molar-refractivity contribution is 0.170. The molecule has 0 spiro atoms. The number of benzene rings is 2. The van der Waals surface area contributed by atoms with Crippen molar-refractivity contribution in [3.63, 3.8) is 0 Å². The molecule has 0 amide bonds. The van der Waals surface area contributed by atoms with Gasteiger partial charge in [-0.15, -0.1) is 0 Å². The Morgan fingerprint density at radius 2 is 1.64 bits per heavy atom. The summed E-state index contributed by atoms with van der Waals surface area (Å²) in [6.45, 7) is 3.35. The van der Waals surface area contributed by atoms with Crippen LogP contribution in [-0.4, -0.2) is 24.8 Å². The minimum Gasteiger partial charge on any atom is -0.387 e. The van der Waals surface area contributed by atoms with E-state index in [1.165, 1.54) is 11.1 Å². The summed E-state index contributed by atoms with van der Waals surface area (Å²) in [5, 5.41) is 13.5. The van der Waals surface area contributed by atoms with Gasteiger partial charge in [0.05, 0.1) is 12.7 Å². The highest BCUT2D eigenvalue weighted by Gasteiger charge is 2.09. The van der Waals surface area contributed by atoms with E-state index in [1.807, 2.05) is 30.3 Å². The lowest BCUT2D eigenvalue weighted by atomic mass is 10.0. The van der Waals surface area contributed by atoms with Crippen LogP contribution in [0.3, 0.4) is 0 Å². The monoisotopic (exact) mass is 299 g/mol. The number of hydrogen-bond acceptors (Lipinski definition) is 3. The summed E-state index contributed by atoms with van der Waals surface area (Å²) in [7, 11) is 1.71. The van der Waals surface area contributed by atoms with Crippen LogP contribution in [0.2, 0.25) is 0 Å². The van der Waals surface area contributed by atoms with E-state index >= 15 is 0 Å². The zero-order chi connectivity index (χ0) is 15.8. The Bertz CT molecular complexity index is 539. The van der Waals surface area contributed by atoms with Crippen molar-refractivity contribution >= 4 is 0 Å². The van der Waals surface area contributed by atoms with Gasteiger partial charge >= 0.3 is 0 Å². The molecule has 118 valence electrons. The van der Waals surface area contributed by atoms with Gasteiger partial charge in [-0.25, -0.2) is 0 Å². The molecule has 0 aliphatic heterocycles. The smallest absolute Gasteiger partial charge is 0.0914 e. The summed E-state index contributed by atoms with van der Waals surface area (Å²) < 4.78 is 5.12. The molecule has 2 rings (SSSR count). The number of hydrogen-bond donors (Lipinski definition) is 2. The third-order valence-electron chi connectivity index (χ3n) is 3.72. The molecule has 3 nitrogen and oxygen atoms in total. The molecule has 0 radical (unpaired) electrons. The minimum atomic E-state index is -0.465. The van der Waals surface area contributed by atoms with Crippen LogP contribution in [0.5, 0.6) is 0 Å². The fraction of sp³-hybridized carbons (Fsp3) is 0.368. The summed E-state index contributed by atoms with van der Waals surface area (Å²) >= 11 is 0. The number of aliphatic hydroxyl groups is 1. The van der Waals surface area contributed by atoms with Crippen LogP contribution >= 0.6 is 0 Å². The van der Waals surface area contributed by atoms with Crippen LogP contribution in [0, 0.1) is 0 Å². The molecule has 2 N–H and O–H groups in total. The maximum Gasteiger partial charge on any atom is 0.0914 e. The molecule has 0 heterocycles. The molecule has 0 aliphatic carbocycles. The van der Waals surface area contributed by atoms with E-state index < -0.39 is 6.10 Å². The molecule has 0 aliphatic rings. The molecule has 0 aromatic heterocycles. The van der Waals surface area contributed by atoms with Crippen molar-refractivity contribution in [2.45, 2.75) is 32.1 Å². The van der Waals surface area contributed by atoms with Gasteiger partial charge in [-0.2, -0.15) is 0 Å². The fourth-order valence-corrected chi connectivity index (χ4v) is 2.47. The number of rotatable bonds is 8. The Kier molecular flexibility index (Phi) is 6.59. The average molecular weight is 299 g/mol. The largest absolute Gasteiger partial charge is 0.387 e. The second-order valence-electron chi connectivity index (χ2n) is 5.69. The Morgan fingerprint density at radius 3 is 2.27 bits per heavy atom. The highest BCUT2D eigenvalue weighted by atomic mass is 16.5. The van der Waals surface area contributed by atoms with E-state index in [0.717, 1.165) is 12.0 Å². The van der Waals surface area contributed by atoms with Gasteiger partial charge in [-0.05, 0) is 30.0 Å². The first-order valence-corrected chi connectivity index (χ1v) is 7.72. The van der Waals surface area contributed by atoms with Gasteiger partial charge < -0.3 is 15.2 Å². The first kappa shape index (κ1) is 16.7. The van der Waals surface area contributed by atoms with Crippen LogP contribution in [0.15, 0.2) is 54.6 Å². The Balaban J connectivity index is 1.79. The first-order chi connectivity index (χ1) is 10.7. The van der Waals surface area contributed by atoms with Crippen molar-refractivity contribution in [2.24, 2.45) is 0 Å². The highest BCUT2D eigenvalue weighted by molar-refractivity contribution is 5.23. The summed E-state index contributed by atoms with van der Waals surface area (Å²) in [5.41, 5.74) is 3.42. The maximum absolute atomic E-state index is 10.2. The van der Waals surface area contributed by atoms with Crippen molar-refractivity contribution in [1.29, 1.82) is 0 Å². The molecule has 2 atom stereocenters. The zero-order valence-electron chi connectivity index (χ0n) is 13.3. The molecule has 0 fully saturated rings. The Morgan fingerprint density at radius 1 is 1.00 bits per heavy atom. The van der Waals surface area contributed by atoms with E-state index in [9.17, 15) is 5.11 Å². The minimum absolute atomic E-state index is 0.312. The summed E-state index contributed by atoms with van der Waals surface area (Å²) in [5.74, 6) is 0. The van der Waals surface area contributed by atoms with Crippen LogP contribution < -0.4 is 5.32 Å². The molecule has 0 bridgehead atoms. The highest BCUT2D eigenvalue weighted by Crippen LogP contribution is 2.12. The van der Waals surface area contributed by atoms with Gasteiger partial charge in [0.1, 0.15) is 0 Å². The van der Waals surface area contributed by atoms with Crippen LogP contribution in [0.25, 0.3) is 0 Å². The number of ether oxygens (including phenoxy) is 1. The van der Waals surface area contributed by atoms with Crippen molar-refractivity contribution in [1.82, 2.24) is 5.32 Å². The topological polar surface area (TPSA) is 41.5 Å².